The first-order valence-electron chi connectivity index (χ1n) is 5.21. The molecular formula is C10H19NO2. The first-order chi connectivity index (χ1) is 6.23. The molecule has 76 valence electrons. The predicted molar refractivity (Wildman–Crippen MR) is 50.3 cm³/mol. The Bertz CT molecular complexity index is 172. The maximum atomic E-state index is 9.01. The van der Waals surface area contributed by atoms with E-state index in [9.17, 15) is 0 Å². The first kappa shape index (κ1) is 9.44. The molecule has 1 saturated carbocycles. The van der Waals surface area contributed by atoms with Crippen LogP contribution in [0.5, 0.6) is 0 Å². The van der Waals surface area contributed by atoms with Crippen molar-refractivity contribution in [3.05, 3.63) is 0 Å². The fraction of sp³-hybridized carbons (Fsp3) is 1.00. The lowest BCUT2D eigenvalue weighted by Gasteiger charge is -2.48. The van der Waals surface area contributed by atoms with Crippen molar-refractivity contribution in [2.75, 3.05) is 19.8 Å². The SMILES string of the molecule is NC1(CO)CC(C2CCOCC2)C1. The highest BCUT2D eigenvalue weighted by Crippen LogP contribution is 2.43. The summed E-state index contributed by atoms with van der Waals surface area (Å²) in [4.78, 5) is 0. The highest BCUT2D eigenvalue weighted by atomic mass is 16.5. The lowest BCUT2D eigenvalue weighted by atomic mass is 9.62. The van der Waals surface area contributed by atoms with Gasteiger partial charge in [0.05, 0.1) is 6.61 Å². The van der Waals surface area contributed by atoms with Crippen molar-refractivity contribution >= 4 is 0 Å². The molecule has 0 atom stereocenters. The largest absolute Gasteiger partial charge is 0.394 e. The lowest BCUT2D eigenvalue weighted by Crippen LogP contribution is -2.56. The van der Waals surface area contributed by atoms with Crippen molar-refractivity contribution in [2.45, 2.75) is 31.2 Å². The highest BCUT2D eigenvalue weighted by molar-refractivity contribution is 5.00. The first-order valence-corrected chi connectivity index (χ1v) is 5.21. The van der Waals surface area contributed by atoms with E-state index in [1.165, 1.54) is 12.8 Å². The molecule has 2 rings (SSSR count). The monoisotopic (exact) mass is 185 g/mol. The van der Waals surface area contributed by atoms with Crippen LogP contribution in [0.2, 0.25) is 0 Å². The van der Waals surface area contributed by atoms with E-state index in [0.29, 0.717) is 0 Å². The summed E-state index contributed by atoms with van der Waals surface area (Å²) in [6, 6.07) is 0. The van der Waals surface area contributed by atoms with Crippen LogP contribution in [-0.2, 0) is 4.74 Å². The summed E-state index contributed by atoms with van der Waals surface area (Å²) in [5, 5.41) is 9.01. The lowest BCUT2D eigenvalue weighted by molar-refractivity contribution is -0.0123. The van der Waals surface area contributed by atoms with Gasteiger partial charge < -0.3 is 15.6 Å². The number of nitrogens with two attached hydrogens (primary N) is 1. The van der Waals surface area contributed by atoms with E-state index in [1.807, 2.05) is 0 Å². The van der Waals surface area contributed by atoms with Crippen LogP contribution < -0.4 is 5.73 Å². The number of hydrogen-bond donors (Lipinski definition) is 2. The summed E-state index contributed by atoms with van der Waals surface area (Å²) in [7, 11) is 0. The number of rotatable bonds is 2. The molecule has 3 heteroatoms. The molecule has 0 aromatic rings. The van der Waals surface area contributed by atoms with Crippen molar-refractivity contribution in [2.24, 2.45) is 17.6 Å². The zero-order chi connectivity index (χ0) is 9.31. The summed E-state index contributed by atoms with van der Waals surface area (Å²) < 4.78 is 5.32. The van der Waals surface area contributed by atoms with Crippen LogP contribution in [0.1, 0.15) is 25.7 Å². The summed E-state index contributed by atoms with van der Waals surface area (Å²) in [5.74, 6) is 1.55. The van der Waals surface area contributed by atoms with Crippen LogP contribution in [-0.4, -0.2) is 30.5 Å². The van der Waals surface area contributed by atoms with Crippen molar-refractivity contribution in [1.82, 2.24) is 0 Å². The minimum Gasteiger partial charge on any atom is -0.394 e. The molecule has 0 spiro atoms. The van der Waals surface area contributed by atoms with Crippen LogP contribution in [0.15, 0.2) is 0 Å². The fourth-order valence-electron chi connectivity index (χ4n) is 2.63. The molecular weight excluding hydrogens is 166 g/mol. The zero-order valence-corrected chi connectivity index (χ0v) is 8.04. The Morgan fingerprint density at radius 2 is 1.85 bits per heavy atom. The van der Waals surface area contributed by atoms with Crippen LogP contribution in [0.25, 0.3) is 0 Å². The number of aliphatic hydroxyl groups is 1. The van der Waals surface area contributed by atoms with E-state index in [1.54, 1.807) is 0 Å². The van der Waals surface area contributed by atoms with Gasteiger partial charge in [0.2, 0.25) is 0 Å². The van der Waals surface area contributed by atoms with Gasteiger partial charge in [-0.25, -0.2) is 0 Å². The van der Waals surface area contributed by atoms with Gasteiger partial charge in [-0.15, -0.1) is 0 Å². The smallest absolute Gasteiger partial charge is 0.0611 e. The standard InChI is InChI=1S/C10H19NO2/c11-10(7-12)5-9(6-10)8-1-3-13-4-2-8/h8-9,12H,1-7,11H2. The molecule has 0 aromatic heterocycles. The summed E-state index contributed by atoms with van der Waals surface area (Å²) in [6.45, 7) is 1.97. The van der Waals surface area contributed by atoms with Crippen molar-refractivity contribution in [3.63, 3.8) is 0 Å². The average Bonchev–Trinajstić information content (AvgIpc) is 2.14. The second-order valence-corrected chi connectivity index (χ2v) is 4.64. The van der Waals surface area contributed by atoms with Gasteiger partial charge in [-0.3, -0.25) is 0 Å². The average molecular weight is 185 g/mol. The van der Waals surface area contributed by atoms with Gasteiger partial charge in [-0.1, -0.05) is 0 Å². The number of ether oxygens (including phenoxy) is 1. The maximum absolute atomic E-state index is 9.01. The Labute approximate surface area is 79.3 Å². The molecule has 0 unspecified atom stereocenters. The van der Waals surface area contributed by atoms with E-state index in [4.69, 9.17) is 15.6 Å². The Kier molecular flexibility index (Phi) is 2.58. The van der Waals surface area contributed by atoms with E-state index < -0.39 is 0 Å². The van der Waals surface area contributed by atoms with Gasteiger partial charge in [-0.2, -0.15) is 0 Å². The van der Waals surface area contributed by atoms with Crippen LogP contribution in [0, 0.1) is 11.8 Å². The molecule has 3 nitrogen and oxygen atoms in total. The van der Waals surface area contributed by atoms with E-state index in [2.05, 4.69) is 0 Å². The highest BCUT2D eigenvalue weighted by Gasteiger charge is 2.43. The molecule has 0 aromatic carbocycles. The van der Waals surface area contributed by atoms with Crippen molar-refractivity contribution in [3.8, 4) is 0 Å². The third kappa shape index (κ3) is 1.87. The fourth-order valence-corrected chi connectivity index (χ4v) is 2.63. The Morgan fingerprint density at radius 1 is 1.23 bits per heavy atom. The second-order valence-electron chi connectivity index (χ2n) is 4.64. The van der Waals surface area contributed by atoms with Crippen LogP contribution in [0.4, 0.5) is 0 Å². The molecule has 1 aliphatic heterocycles. The van der Waals surface area contributed by atoms with Crippen LogP contribution >= 0.6 is 0 Å². The molecule has 1 aliphatic carbocycles. The molecule has 0 amide bonds. The summed E-state index contributed by atoms with van der Waals surface area (Å²) >= 11 is 0. The van der Waals surface area contributed by atoms with Crippen LogP contribution in [0.3, 0.4) is 0 Å². The third-order valence-corrected chi connectivity index (χ3v) is 3.58. The zero-order valence-electron chi connectivity index (χ0n) is 8.04. The molecule has 0 radical (unpaired) electrons. The minimum absolute atomic E-state index is 0.146. The third-order valence-electron chi connectivity index (χ3n) is 3.58. The van der Waals surface area contributed by atoms with Gasteiger partial charge in [0, 0.05) is 18.8 Å². The Hall–Kier alpha value is -0.120. The Balaban J connectivity index is 1.78. The van der Waals surface area contributed by atoms with Gasteiger partial charge in [0.25, 0.3) is 0 Å². The van der Waals surface area contributed by atoms with E-state index in [-0.39, 0.29) is 12.1 Å². The second kappa shape index (κ2) is 3.56. The molecule has 1 heterocycles. The normalized spacial score (nSPS) is 41.5. The number of aliphatic hydroxyl groups excluding tert-OH is 1. The van der Waals surface area contributed by atoms with E-state index in [0.717, 1.165) is 37.9 Å². The summed E-state index contributed by atoms with van der Waals surface area (Å²) in [6.07, 6.45) is 4.39. The quantitative estimate of drug-likeness (QED) is 0.659. The Morgan fingerprint density at radius 3 is 2.38 bits per heavy atom. The molecule has 3 N–H and O–H groups in total. The summed E-state index contributed by atoms with van der Waals surface area (Å²) in [5.41, 5.74) is 5.67. The van der Waals surface area contributed by atoms with Crippen molar-refractivity contribution in [1.29, 1.82) is 0 Å². The molecule has 0 bridgehead atoms. The predicted octanol–water partition coefficient (Wildman–Crippen LogP) is 0.513. The van der Waals surface area contributed by atoms with E-state index >= 15 is 0 Å². The molecule has 13 heavy (non-hydrogen) atoms. The van der Waals surface area contributed by atoms with Gasteiger partial charge >= 0.3 is 0 Å². The minimum atomic E-state index is -0.247. The van der Waals surface area contributed by atoms with Crippen molar-refractivity contribution < 1.29 is 9.84 Å². The van der Waals surface area contributed by atoms with Gasteiger partial charge in [0.1, 0.15) is 0 Å². The molecule has 1 saturated heterocycles. The molecule has 2 aliphatic rings. The molecule has 2 fully saturated rings. The van der Waals surface area contributed by atoms with Gasteiger partial charge in [-0.05, 0) is 37.5 Å². The number of hydrogen-bond acceptors (Lipinski definition) is 3. The topological polar surface area (TPSA) is 55.5 Å². The van der Waals surface area contributed by atoms with Gasteiger partial charge in [0.15, 0.2) is 0 Å². The maximum Gasteiger partial charge on any atom is 0.0611 e.